The number of nitrogens with one attached hydrogen (secondary N) is 2. The maximum absolute atomic E-state index is 14.0. The number of hydrogen-bond donors (Lipinski definition) is 5. The van der Waals surface area contributed by atoms with Crippen LogP contribution in [0.15, 0.2) is 24.3 Å². The fraction of sp³-hybridized carbons (Fsp3) is 0.400. The van der Waals surface area contributed by atoms with Gasteiger partial charge in [0.15, 0.2) is 39.8 Å². The Morgan fingerprint density at radius 3 is 2.06 bits per heavy atom. The summed E-state index contributed by atoms with van der Waals surface area (Å²) in [6.07, 6.45) is -11.0. The number of nitrogens with two attached hydrogens (primary N) is 1. The molecule has 0 heterocycles. The van der Waals surface area contributed by atoms with Crippen LogP contribution in [-0.2, 0) is 38.0 Å². The maximum Gasteiger partial charge on any atom is 0.416 e. The van der Waals surface area contributed by atoms with Gasteiger partial charge >= 0.3 is 12.4 Å². The summed E-state index contributed by atoms with van der Waals surface area (Å²) >= 11 is 5.10. The van der Waals surface area contributed by atoms with Crippen molar-refractivity contribution in [2.45, 2.75) is 37.2 Å². The number of anilines is 3. The van der Waals surface area contributed by atoms with Crippen molar-refractivity contribution in [3.63, 3.8) is 0 Å². The highest BCUT2D eigenvalue weighted by atomic mass is 32.1. The first kappa shape index (κ1) is 34.7. The maximum atomic E-state index is 14.0. The van der Waals surface area contributed by atoms with Gasteiger partial charge in [0, 0.05) is 37.8 Å². The molecule has 5 rings (SSSR count). The monoisotopic (exact) mass is 700 g/mol. The van der Waals surface area contributed by atoms with Gasteiger partial charge < -0.3 is 31.5 Å². The van der Waals surface area contributed by atoms with Crippen LogP contribution in [0.1, 0.15) is 39.9 Å². The lowest BCUT2D eigenvalue weighted by atomic mass is 9.53. The summed E-state index contributed by atoms with van der Waals surface area (Å²) < 4.78 is 80.0. The number of hydrogen-bond acceptors (Lipinski definition) is 9. The Morgan fingerprint density at radius 1 is 0.958 bits per heavy atom. The van der Waals surface area contributed by atoms with Gasteiger partial charge in [0.1, 0.15) is 5.75 Å². The summed E-state index contributed by atoms with van der Waals surface area (Å²) in [6.45, 7) is 0. The third-order valence-corrected chi connectivity index (χ3v) is 9.16. The van der Waals surface area contributed by atoms with Crippen molar-refractivity contribution in [2.75, 3.05) is 29.6 Å². The number of rotatable bonds is 4. The summed E-state index contributed by atoms with van der Waals surface area (Å²) in [4.78, 5) is 66.8. The molecule has 2 aromatic carbocycles. The molecular weight excluding hydrogens is 674 g/mol. The van der Waals surface area contributed by atoms with Crippen LogP contribution in [0.4, 0.5) is 43.4 Å². The second-order valence-electron chi connectivity index (χ2n) is 12.2. The third kappa shape index (κ3) is 5.65. The molecule has 48 heavy (non-hydrogen) atoms. The van der Waals surface area contributed by atoms with Crippen LogP contribution in [-0.4, -0.2) is 64.1 Å². The van der Waals surface area contributed by atoms with E-state index in [0.29, 0.717) is 17.8 Å². The first-order valence-corrected chi connectivity index (χ1v) is 14.6. The van der Waals surface area contributed by atoms with E-state index >= 15 is 0 Å². The highest BCUT2D eigenvalue weighted by Crippen LogP contribution is 2.52. The Bertz CT molecular complexity index is 1780. The minimum atomic E-state index is -5.13. The number of benzene rings is 2. The van der Waals surface area contributed by atoms with Crippen molar-refractivity contribution in [1.29, 1.82) is 0 Å². The van der Waals surface area contributed by atoms with Crippen LogP contribution < -0.4 is 21.3 Å². The van der Waals surface area contributed by atoms with Crippen molar-refractivity contribution in [2.24, 2.45) is 29.4 Å². The molecular formula is C30H26F6N4O7S. The van der Waals surface area contributed by atoms with Crippen LogP contribution in [0.2, 0.25) is 0 Å². The Labute approximate surface area is 272 Å². The van der Waals surface area contributed by atoms with Gasteiger partial charge in [0.05, 0.1) is 28.3 Å². The zero-order valence-electron chi connectivity index (χ0n) is 24.9. The first-order valence-electron chi connectivity index (χ1n) is 14.2. The number of primary amides is 1. The van der Waals surface area contributed by atoms with E-state index in [4.69, 9.17) is 18.0 Å². The molecule has 2 saturated carbocycles. The molecule has 2 unspecified atom stereocenters. The van der Waals surface area contributed by atoms with Crippen LogP contribution in [0, 0.1) is 23.7 Å². The molecule has 2 fully saturated rings. The second kappa shape index (κ2) is 11.5. The molecule has 6 N–H and O–H groups in total. The molecule has 3 aliphatic carbocycles. The van der Waals surface area contributed by atoms with E-state index in [1.807, 2.05) is 0 Å². The highest BCUT2D eigenvalue weighted by molar-refractivity contribution is 7.80. The van der Waals surface area contributed by atoms with Gasteiger partial charge in [-0.05, 0) is 60.8 Å². The Morgan fingerprint density at radius 2 is 1.54 bits per heavy atom. The van der Waals surface area contributed by atoms with Crippen molar-refractivity contribution < 1.29 is 60.5 Å². The van der Waals surface area contributed by atoms with E-state index in [2.05, 4.69) is 10.6 Å². The van der Waals surface area contributed by atoms with Gasteiger partial charge in [0.2, 0.25) is 5.91 Å². The summed E-state index contributed by atoms with van der Waals surface area (Å²) in [5, 5.41) is 26.7. The number of thiocarbonyl (C=S) groups is 1. The molecule has 3 aliphatic rings. The molecule has 1 amide bonds. The van der Waals surface area contributed by atoms with Gasteiger partial charge in [-0.2, -0.15) is 26.3 Å². The molecule has 0 aromatic heterocycles. The van der Waals surface area contributed by atoms with E-state index < -0.39 is 110 Å². The van der Waals surface area contributed by atoms with Crippen LogP contribution >= 0.6 is 12.2 Å². The molecule has 0 saturated heterocycles. The number of phenolic OH excluding ortho intramolecular Hbond substituents is 1. The average Bonchev–Trinajstić information content (AvgIpc) is 2.94. The quantitative estimate of drug-likeness (QED) is 0.137. The van der Waals surface area contributed by atoms with Crippen LogP contribution in [0.25, 0.3) is 0 Å². The van der Waals surface area contributed by atoms with E-state index in [-0.39, 0.29) is 30.2 Å². The number of nitrogens with zero attached hydrogens (tertiary/aromatic N) is 1. The fourth-order valence-electron chi connectivity index (χ4n) is 6.82. The van der Waals surface area contributed by atoms with Crippen molar-refractivity contribution >= 4 is 63.4 Å². The number of carbonyl (C=O) groups is 5. The topological polar surface area (TPSA) is 179 Å². The van der Waals surface area contributed by atoms with Gasteiger partial charge in [-0.3, -0.25) is 24.0 Å². The Balaban J connectivity index is 1.51. The van der Waals surface area contributed by atoms with E-state index in [0.717, 1.165) is 0 Å². The van der Waals surface area contributed by atoms with E-state index in [1.165, 1.54) is 11.0 Å². The second-order valence-corrected chi connectivity index (χ2v) is 12.6. The SMILES string of the molecule is CN(C)c1cc(NC(=S)Nc2cc(C(F)(F)F)cc(C(F)(F)F)c2)c(O)c2c1C[C@H]1C[C@H]3CC(=O)C(C(N)=O)C(=O)[C@@]3(O)C(=O)C1C2=O. The standard InChI is InChI=1S/C30H26F6N4O7S/c1-40(2)17-9-16(39-27(48)38-14-6-12(29(31,32)33)5-13(7-14)30(34,35)36)22(42)20-15(17)4-10-3-11-8-18(41)21(26(37)46)25(45)28(11,47)24(44)19(10)23(20)43/h5-7,9-11,19,21,42,47H,3-4,8H2,1-2H3,(H2,37,46)(H2,38,39,48)/t10-,11+,19?,21?,28+/m1/s1. The molecule has 18 heteroatoms. The molecule has 0 radical (unpaired) electrons. The minimum absolute atomic E-state index is 0.0415. The van der Waals surface area contributed by atoms with Crippen LogP contribution in [0.5, 0.6) is 5.75 Å². The van der Waals surface area contributed by atoms with E-state index in [1.54, 1.807) is 14.1 Å². The van der Waals surface area contributed by atoms with Gasteiger partial charge in [-0.25, -0.2) is 0 Å². The highest BCUT2D eigenvalue weighted by Gasteiger charge is 2.66. The van der Waals surface area contributed by atoms with Gasteiger partial charge in [0.25, 0.3) is 0 Å². The number of aromatic hydroxyl groups is 1. The van der Waals surface area contributed by atoms with Crippen molar-refractivity contribution in [3.8, 4) is 5.75 Å². The molecule has 0 spiro atoms. The van der Waals surface area contributed by atoms with Crippen molar-refractivity contribution in [1.82, 2.24) is 0 Å². The molecule has 11 nitrogen and oxygen atoms in total. The number of phenols is 1. The number of amides is 1. The zero-order valence-corrected chi connectivity index (χ0v) is 25.7. The first-order chi connectivity index (χ1) is 22.1. The smallest absolute Gasteiger partial charge is 0.416 e. The normalized spacial score (nSPS) is 25.5. The number of Topliss-reactive ketones (excluding diaryl/α,β-unsaturated/α-hetero) is 4. The third-order valence-electron chi connectivity index (χ3n) is 8.95. The predicted molar refractivity (Wildman–Crippen MR) is 159 cm³/mol. The number of fused-ring (bicyclic) bond motifs is 3. The predicted octanol–water partition coefficient (Wildman–Crippen LogP) is 3.24. The lowest BCUT2D eigenvalue weighted by Crippen LogP contribution is -2.68. The number of carbonyl (C=O) groups excluding carboxylic acids is 5. The molecule has 2 aromatic rings. The summed E-state index contributed by atoms with van der Waals surface area (Å²) in [5.41, 5.74) is -1.78. The lowest BCUT2D eigenvalue weighted by Gasteiger charge is -2.48. The summed E-state index contributed by atoms with van der Waals surface area (Å²) in [7, 11) is 3.14. The molecule has 5 atom stereocenters. The number of halogens is 6. The van der Waals surface area contributed by atoms with Gasteiger partial charge in [-0.1, -0.05) is 0 Å². The lowest BCUT2D eigenvalue weighted by molar-refractivity contribution is -0.175. The van der Waals surface area contributed by atoms with E-state index in [9.17, 15) is 60.5 Å². The summed E-state index contributed by atoms with van der Waals surface area (Å²) in [5.74, 6) is -12.5. The van der Waals surface area contributed by atoms with Crippen molar-refractivity contribution in [3.05, 3.63) is 46.5 Å². The molecule has 0 bridgehead atoms. The largest absolute Gasteiger partial charge is 0.505 e. The zero-order chi connectivity index (χ0) is 35.8. The number of alkyl halides is 6. The Hall–Kier alpha value is -4.58. The summed E-state index contributed by atoms with van der Waals surface area (Å²) in [6, 6.07) is 2.02. The molecule has 0 aliphatic heterocycles. The minimum Gasteiger partial charge on any atom is -0.505 e. The number of ketones is 4. The number of aliphatic hydroxyl groups is 1. The fourth-order valence-corrected chi connectivity index (χ4v) is 7.05. The van der Waals surface area contributed by atoms with Crippen LogP contribution in [0.3, 0.4) is 0 Å². The molecule has 256 valence electrons. The Kier molecular flexibility index (Phi) is 8.35. The average molecular weight is 701 g/mol. The van der Waals surface area contributed by atoms with Gasteiger partial charge in [-0.15, -0.1) is 0 Å².